The third-order valence-electron chi connectivity index (χ3n) is 4.02. The van der Waals surface area contributed by atoms with Gasteiger partial charge in [0, 0.05) is 17.3 Å². The summed E-state index contributed by atoms with van der Waals surface area (Å²) in [5.41, 5.74) is 4.35. The van der Waals surface area contributed by atoms with Crippen LogP contribution in [-0.4, -0.2) is 12.1 Å². The van der Waals surface area contributed by atoms with E-state index in [-0.39, 0.29) is 14.9 Å². The zero-order chi connectivity index (χ0) is 11.8. The van der Waals surface area contributed by atoms with Gasteiger partial charge in [0.15, 0.2) is 0 Å². The highest BCUT2D eigenvalue weighted by Crippen LogP contribution is 2.44. The van der Waals surface area contributed by atoms with Gasteiger partial charge >= 0.3 is 0 Å². The molecule has 0 N–H and O–H groups in total. The number of anilines is 1. The first-order chi connectivity index (χ1) is 8.33. The van der Waals surface area contributed by atoms with E-state index in [1.54, 1.807) is 0 Å². The molecule has 1 heterocycles. The second-order valence-electron chi connectivity index (χ2n) is 4.98. The van der Waals surface area contributed by atoms with Crippen LogP contribution in [0.15, 0.2) is 42.5 Å². The number of nitrogens with zero attached hydrogens (tertiary/aromatic N) is 1. The molecule has 0 saturated heterocycles. The van der Waals surface area contributed by atoms with Gasteiger partial charge < -0.3 is 4.90 Å². The molecule has 2 aliphatic rings. The molecule has 19 heavy (non-hydrogen) atoms. The van der Waals surface area contributed by atoms with Gasteiger partial charge in [-0.25, -0.2) is 0 Å². The van der Waals surface area contributed by atoms with E-state index >= 15 is 0 Å². The summed E-state index contributed by atoms with van der Waals surface area (Å²) in [7, 11) is 0. The van der Waals surface area contributed by atoms with Crippen LogP contribution in [0.4, 0.5) is 5.69 Å². The zero-order valence-corrected chi connectivity index (χ0v) is 10.6. The van der Waals surface area contributed by atoms with Crippen LogP contribution >= 0.6 is 0 Å². The number of benzene rings is 1. The minimum atomic E-state index is 0. The van der Waals surface area contributed by atoms with E-state index < -0.39 is 0 Å². The molecule has 2 unspecified atom stereocenters. The van der Waals surface area contributed by atoms with Crippen molar-refractivity contribution in [2.24, 2.45) is 0 Å². The first-order valence-corrected chi connectivity index (χ1v) is 6.57. The largest absolute Gasteiger partial charge is 0.361 e. The molecule has 0 saturated carbocycles. The molecule has 2 atom stereocenters. The Hall–Kier alpha value is -1.50. The second kappa shape index (κ2) is 6.10. The summed E-state index contributed by atoms with van der Waals surface area (Å²) in [6, 6.07) is 10.00. The van der Waals surface area contributed by atoms with Gasteiger partial charge in [0.25, 0.3) is 0 Å². The van der Waals surface area contributed by atoms with Gasteiger partial charge in [-0.1, -0.05) is 58.2 Å². The van der Waals surface area contributed by atoms with Crippen molar-refractivity contribution >= 4 is 11.3 Å². The predicted octanol–water partition coefficient (Wildman–Crippen LogP) is 5.29. The highest BCUT2D eigenvalue weighted by atomic mass is 15.2. The summed E-state index contributed by atoms with van der Waals surface area (Å²) in [6.45, 7) is 4.60. The first kappa shape index (κ1) is 15.6. The zero-order valence-electron chi connectivity index (χ0n) is 10.6. The van der Waals surface area contributed by atoms with Crippen molar-refractivity contribution in [3.63, 3.8) is 0 Å². The predicted molar refractivity (Wildman–Crippen MR) is 87.7 cm³/mol. The van der Waals surface area contributed by atoms with Gasteiger partial charge in [-0.15, -0.1) is 0 Å². The van der Waals surface area contributed by atoms with Crippen LogP contribution in [-0.2, 0) is 0 Å². The molecule has 104 valence electrons. The van der Waals surface area contributed by atoms with Gasteiger partial charge in [-0.2, -0.15) is 0 Å². The van der Waals surface area contributed by atoms with Crippen LogP contribution < -0.4 is 4.90 Å². The fourth-order valence-corrected chi connectivity index (χ4v) is 3.00. The Morgan fingerprint density at radius 1 is 1.26 bits per heavy atom. The molecular weight excluding hydrogens is 230 g/mol. The number of para-hydroxylation sites is 1. The number of hydrogen-bond acceptors (Lipinski definition) is 1. The molecule has 0 amide bonds. The lowest BCUT2D eigenvalue weighted by Gasteiger charge is -2.33. The van der Waals surface area contributed by atoms with E-state index in [0.29, 0.717) is 12.1 Å². The van der Waals surface area contributed by atoms with Gasteiger partial charge in [0.2, 0.25) is 0 Å². The molecule has 1 nitrogen and oxygen atoms in total. The molecule has 0 fully saturated rings. The van der Waals surface area contributed by atoms with E-state index in [1.807, 2.05) is 0 Å². The van der Waals surface area contributed by atoms with Crippen molar-refractivity contribution < 1.29 is 0 Å². The van der Waals surface area contributed by atoms with E-state index in [0.717, 1.165) is 6.42 Å². The lowest BCUT2D eigenvalue weighted by atomic mass is 9.96. The van der Waals surface area contributed by atoms with Crippen LogP contribution in [0.2, 0.25) is 0 Å². The minimum Gasteiger partial charge on any atom is -0.361 e. The Morgan fingerprint density at radius 3 is 2.74 bits per heavy atom. The Morgan fingerprint density at radius 2 is 2.00 bits per heavy atom. The maximum absolute atomic E-state index is 2.60. The third kappa shape index (κ3) is 2.34. The molecule has 0 aromatic heterocycles. The SMILES string of the molecule is C.C.CCC(C)N1c2ccccc2C2=CC=CCC21. The number of allylic oxidation sites excluding steroid dienone is 2. The molecular formula is C18H27N. The number of hydrogen-bond donors (Lipinski definition) is 0. The summed E-state index contributed by atoms with van der Waals surface area (Å²) in [5.74, 6) is 0. The maximum atomic E-state index is 2.60. The molecule has 1 aliphatic carbocycles. The van der Waals surface area contributed by atoms with Crippen LogP contribution in [0, 0.1) is 0 Å². The number of rotatable bonds is 2. The third-order valence-corrected chi connectivity index (χ3v) is 4.02. The average Bonchev–Trinajstić information content (AvgIpc) is 2.72. The lowest BCUT2D eigenvalue weighted by Crippen LogP contribution is -2.38. The first-order valence-electron chi connectivity index (χ1n) is 6.57. The number of fused-ring (bicyclic) bond motifs is 3. The van der Waals surface area contributed by atoms with Crippen molar-refractivity contribution in [2.45, 2.75) is 53.6 Å². The fourth-order valence-electron chi connectivity index (χ4n) is 3.00. The van der Waals surface area contributed by atoms with Crippen molar-refractivity contribution in [3.8, 4) is 0 Å². The smallest absolute Gasteiger partial charge is 0.0586 e. The molecule has 3 rings (SSSR count). The molecule has 1 heteroatoms. The van der Waals surface area contributed by atoms with E-state index in [1.165, 1.54) is 23.2 Å². The summed E-state index contributed by atoms with van der Waals surface area (Å²) < 4.78 is 0. The van der Waals surface area contributed by atoms with Crippen molar-refractivity contribution in [1.29, 1.82) is 0 Å². The molecule has 1 aromatic carbocycles. The molecule has 1 aliphatic heterocycles. The van der Waals surface area contributed by atoms with Gasteiger partial charge in [-0.3, -0.25) is 0 Å². The van der Waals surface area contributed by atoms with E-state index in [4.69, 9.17) is 0 Å². The Labute approximate surface area is 118 Å². The standard InChI is InChI=1S/C16H19N.2CH4/c1-3-12(2)17-15-10-6-4-8-13(15)14-9-5-7-11-16(14)17;;/h4-10,12,16H,3,11H2,1-2H3;2*1H4. The molecule has 0 bridgehead atoms. The normalized spacial score (nSPS) is 20.6. The lowest BCUT2D eigenvalue weighted by molar-refractivity contribution is 0.585. The molecule has 0 spiro atoms. The Kier molecular flexibility index (Phi) is 4.99. The Bertz CT molecular complexity index is 484. The van der Waals surface area contributed by atoms with Gasteiger partial charge in [-0.05, 0) is 31.4 Å². The highest BCUT2D eigenvalue weighted by Gasteiger charge is 2.35. The van der Waals surface area contributed by atoms with Crippen LogP contribution in [0.5, 0.6) is 0 Å². The topological polar surface area (TPSA) is 3.24 Å². The van der Waals surface area contributed by atoms with Crippen LogP contribution in [0.25, 0.3) is 5.57 Å². The van der Waals surface area contributed by atoms with Gasteiger partial charge in [0.1, 0.15) is 0 Å². The maximum Gasteiger partial charge on any atom is 0.0586 e. The second-order valence-corrected chi connectivity index (χ2v) is 4.98. The van der Waals surface area contributed by atoms with E-state index in [9.17, 15) is 0 Å². The van der Waals surface area contributed by atoms with Crippen molar-refractivity contribution in [1.82, 2.24) is 0 Å². The van der Waals surface area contributed by atoms with Crippen LogP contribution in [0.1, 0.15) is 47.1 Å². The van der Waals surface area contributed by atoms with Gasteiger partial charge in [0.05, 0.1) is 6.04 Å². The monoisotopic (exact) mass is 257 g/mol. The fraction of sp³-hybridized carbons (Fsp3) is 0.444. The van der Waals surface area contributed by atoms with Crippen LogP contribution in [0.3, 0.4) is 0 Å². The summed E-state index contributed by atoms with van der Waals surface area (Å²) >= 11 is 0. The van der Waals surface area contributed by atoms with Crippen molar-refractivity contribution in [2.75, 3.05) is 4.90 Å². The summed E-state index contributed by atoms with van der Waals surface area (Å²) in [4.78, 5) is 2.60. The molecule has 0 radical (unpaired) electrons. The average molecular weight is 257 g/mol. The molecule has 1 aromatic rings. The Balaban J connectivity index is 0.000000902. The summed E-state index contributed by atoms with van der Waals surface area (Å²) in [5, 5.41) is 0. The quantitative estimate of drug-likeness (QED) is 0.696. The van der Waals surface area contributed by atoms with Crippen molar-refractivity contribution in [3.05, 3.63) is 48.1 Å². The summed E-state index contributed by atoms with van der Waals surface area (Å²) in [6.07, 6.45) is 9.11. The minimum absolute atomic E-state index is 0. The van der Waals surface area contributed by atoms with E-state index in [2.05, 4.69) is 61.2 Å². The highest BCUT2D eigenvalue weighted by molar-refractivity contribution is 5.89.